The average molecular weight is 442 g/mol. The van der Waals surface area contributed by atoms with Crippen LogP contribution in [0.15, 0.2) is 54.7 Å². The largest absolute Gasteiger partial charge is 0.371 e. The van der Waals surface area contributed by atoms with E-state index in [1.54, 1.807) is 12.1 Å². The van der Waals surface area contributed by atoms with E-state index in [-0.39, 0.29) is 5.82 Å². The topological polar surface area (TPSA) is 63.8 Å². The average Bonchev–Trinajstić information content (AvgIpc) is 3.44. The van der Waals surface area contributed by atoms with Crippen LogP contribution in [0.1, 0.15) is 18.4 Å². The molecule has 7 rings (SSSR count). The van der Waals surface area contributed by atoms with Gasteiger partial charge in [0.05, 0.1) is 11.4 Å². The minimum Gasteiger partial charge on any atom is -0.371 e. The molecule has 0 bridgehead atoms. The number of hydrogen-bond acceptors (Lipinski definition) is 5. The van der Waals surface area contributed by atoms with E-state index >= 15 is 0 Å². The zero-order valence-corrected chi connectivity index (χ0v) is 18.2. The lowest BCUT2D eigenvalue weighted by Gasteiger charge is -2.49. The maximum atomic E-state index is 13.4. The predicted octanol–water partition coefficient (Wildman–Crippen LogP) is 3.49. The van der Waals surface area contributed by atoms with Gasteiger partial charge in [0, 0.05) is 50.2 Å². The standard InChI is InChI=1S/C25H24FN7/c26-20-3-1-17(2-4-20)18-12-23-24-28-29-30-33(24)22-6-5-21(11-19(22)14-32(23)13-18)31-9-7-25(8-10-31)15-27-16-25/h1-6,11-13,27H,7-10,14-16H2. The van der Waals surface area contributed by atoms with Crippen LogP contribution in [-0.4, -0.2) is 51.0 Å². The van der Waals surface area contributed by atoms with Gasteiger partial charge in [-0.2, -0.15) is 4.68 Å². The van der Waals surface area contributed by atoms with Crippen LogP contribution < -0.4 is 10.2 Å². The molecule has 0 saturated carbocycles. The first-order valence-corrected chi connectivity index (χ1v) is 11.5. The van der Waals surface area contributed by atoms with Crippen LogP contribution in [0.25, 0.3) is 28.3 Å². The number of nitrogens with zero attached hydrogens (tertiary/aromatic N) is 6. The quantitative estimate of drug-likeness (QED) is 0.454. The molecule has 166 valence electrons. The van der Waals surface area contributed by atoms with Crippen molar-refractivity contribution in [2.45, 2.75) is 19.4 Å². The summed E-state index contributed by atoms with van der Waals surface area (Å²) >= 11 is 0. The normalized spacial score (nSPS) is 18.3. The van der Waals surface area contributed by atoms with E-state index < -0.39 is 0 Å². The van der Waals surface area contributed by atoms with Crippen molar-refractivity contribution in [2.75, 3.05) is 31.1 Å². The molecule has 5 heterocycles. The van der Waals surface area contributed by atoms with Crippen molar-refractivity contribution in [3.05, 3.63) is 66.1 Å². The minimum absolute atomic E-state index is 0.234. The number of hydrogen-bond donors (Lipinski definition) is 1. The Kier molecular flexibility index (Phi) is 4.02. The summed E-state index contributed by atoms with van der Waals surface area (Å²) in [5.74, 6) is 0.481. The second-order valence-electron chi connectivity index (χ2n) is 9.57. The van der Waals surface area contributed by atoms with Gasteiger partial charge in [-0.05, 0) is 76.2 Å². The summed E-state index contributed by atoms with van der Waals surface area (Å²) in [6.07, 6.45) is 4.60. The molecule has 4 aromatic rings. The summed E-state index contributed by atoms with van der Waals surface area (Å²) in [4.78, 5) is 2.51. The number of halogens is 1. The second-order valence-corrected chi connectivity index (χ2v) is 9.57. The highest BCUT2D eigenvalue weighted by Gasteiger charge is 2.39. The van der Waals surface area contributed by atoms with Crippen molar-refractivity contribution in [3.63, 3.8) is 0 Å². The SMILES string of the molecule is Fc1ccc(-c2cc3n(c2)Cc2cc(N4CCC5(CC4)CNC5)ccc2-n2nnnc2-3)cc1. The number of fused-ring (bicyclic) bond motifs is 5. The van der Waals surface area contributed by atoms with E-state index in [4.69, 9.17) is 0 Å². The number of benzene rings is 2. The fraction of sp³-hybridized carbons (Fsp3) is 0.320. The molecular weight excluding hydrogens is 417 g/mol. The van der Waals surface area contributed by atoms with E-state index in [0.717, 1.165) is 35.6 Å². The zero-order chi connectivity index (χ0) is 22.0. The first-order chi connectivity index (χ1) is 16.2. The third-order valence-corrected chi connectivity index (χ3v) is 7.59. The van der Waals surface area contributed by atoms with Gasteiger partial charge in [0.1, 0.15) is 5.82 Å². The Morgan fingerprint density at radius 1 is 0.939 bits per heavy atom. The molecule has 33 heavy (non-hydrogen) atoms. The maximum Gasteiger partial charge on any atom is 0.203 e. The van der Waals surface area contributed by atoms with Gasteiger partial charge in [-0.15, -0.1) is 5.10 Å². The molecular formula is C25H24FN7. The van der Waals surface area contributed by atoms with Gasteiger partial charge in [0.15, 0.2) is 0 Å². The summed E-state index contributed by atoms with van der Waals surface area (Å²) < 4.78 is 17.4. The molecule has 0 atom stereocenters. The highest BCUT2D eigenvalue weighted by atomic mass is 19.1. The number of rotatable bonds is 2. The van der Waals surface area contributed by atoms with Gasteiger partial charge in [-0.3, -0.25) is 0 Å². The maximum absolute atomic E-state index is 13.4. The van der Waals surface area contributed by atoms with Crippen LogP contribution in [0.5, 0.6) is 0 Å². The Morgan fingerprint density at radius 3 is 2.52 bits per heavy atom. The first kappa shape index (κ1) is 19.0. The van der Waals surface area contributed by atoms with Crippen LogP contribution in [0, 0.1) is 11.2 Å². The van der Waals surface area contributed by atoms with Crippen LogP contribution in [0.4, 0.5) is 10.1 Å². The Labute approximate surface area is 190 Å². The van der Waals surface area contributed by atoms with Gasteiger partial charge in [0.25, 0.3) is 0 Å². The monoisotopic (exact) mass is 441 g/mol. The van der Waals surface area contributed by atoms with E-state index in [9.17, 15) is 4.39 Å². The third-order valence-electron chi connectivity index (χ3n) is 7.59. The highest BCUT2D eigenvalue weighted by molar-refractivity contribution is 5.71. The summed E-state index contributed by atoms with van der Waals surface area (Å²) in [5, 5.41) is 16.0. The zero-order valence-electron chi connectivity index (χ0n) is 18.2. The van der Waals surface area contributed by atoms with Crippen molar-refractivity contribution in [1.29, 1.82) is 0 Å². The van der Waals surface area contributed by atoms with Gasteiger partial charge in [0.2, 0.25) is 5.82 Å². The lowest BCUT2D eigenvalue weighted by atomic mass is 9.73. The molecule has 0 radical (unpaired) electrons. The number of nitrogens with one attached hydrogen (secondary N) is 1. The fourth-order valence-corrected chi connectivity index (χ4v) is 5.49. The van der Waals surface area contributed by atoms with Crippen molar-refractivity contribution in [2.24, 2.45) is 5.41 Å². The lowest BCUT2D eigenvalue weighted by Crippen LogP contribution is -2.58. The number of piperidine rings is 1. The molecule has 7 nitrogen and oxygen atoms in total. The summed E-state index contributed by atoms with van der Waals surface area (Å²) in [6.45, 7) is 5.24. The lowest BCUT2D eigenvalue weighted by molar-refractivity contribution is 0.126. The van der Waals surface area contributed by atoms with Gasteiger partial charge >= 0.3 is 0 Å². The fourth-order valence-electron chi connectivity index (χ4n) is 5.49. The first-order valence-electron chi connectivity index (χ1n) is 11.5. The molecule has 8 heteroatoms. The Hall–Kier alpha value is -3.52. The molecule has 0 unspecified atom stereocenters. The summed E-state index contributed by atoms with van der Waals surface area (Å²) in [5.41, 5.74) is 6.94. The van der Waals surface area contributed by atoms with Crippen molar-refractivity contribution < 1.29 is 4.39 Å². The van der Waals surface area contributed by atoms with Crippen molar-refractivity contribution in [1.82, 2.24) is 30.1 Å². The molecule has 1 N–H and O–H groups in total. The van der Waals surface area contributed by atoms with Gasteiger partial charge < -0.3 is 14.8 Å². The Morgan fingerprint density at radius 2 is 1.76 bits per heavy atom. The second kappa shape index (κ2) is 6.99. The predicted molar refractivity (Wildman–Crippen MR) is 124 cm³/mol. The van der Waals surface area contributed by atoms with E-state index in [0.29, 0.717) is 17.8 Å². The molecule has 1 spiro atoms. The van der Waals surface area contributed by atoms with Crippen LogP contribution in [0.3, 0.4) is 0 Å². The van der Waals surface area contributed by atoms with E-state index in [1.807, 2.05) is 4.68 Å². The molecule has 2 aromatic heterocycles. The van der Waals surface area contributed by atoms with Crippen molar-refractivity contribution in [3.8, 4) is 28.3 Å². The van der Waals surface area contributed by atoms with E-state index in [1.165, 1.54) is 49.3 Å². The van der Waals surface area contributed by atoms with Crippen molar-refractivity contribution >= 4 is 5.69 Å². The number of aromatic nitrogens is 5. The molecule has 2 fully saturated rings. The van der Waals surface area contributed by atoms with E-state index in [2.05, 4.69) is 60.8 Å². The Bertz CT molecular complexity index is 1340. The number of tetrazole rings is 1. The third kappa shape index (κ3) is 3.01. The minimum atomic E-state index is -0.234. The number of anilines is 1. The van der Waals surface area contributed by atoms with Crippen LogP contribution in [-0.2, 0) is 6.54 Å². The molecule has 0 amide bonds. The highest BCUT2D eigenvalue weighted by Crippen LogP contribution is 2.38. The molecule has 2 saturated heterocycles. The Balaban J connectivity index is 1.26. The molecule has 3 aliphatic rings. The van der Waals surface area contributed by atoms with Crippen LogP contribution in [0.2, 0.25) is 0 Å². The smallest absolute Gasteiger partial charge is 0.203 e. The molecule has 3 aliphatic heterocycles. The summed E-state index contributed by atoms with van der Waals surface area (Å²) in [6, 6.07) is 15.3. The van der Waals surface area contributed by atoms with Gasteiger partial charge in [-0.25, -0.2) is 4.39 Å². The van der Waals surface area contributed by atoms with Gasteiger partial charge in [-0.1, -0.05) is 12.1 Å². The molecule has 2 aromatic carbocycles. The van der Waals surface area contributed by atoms with Crippen LogP contribution >= 0.6 is 0 Å². The molecule has 0 aliphatic carbocycles. The summed E-state index contributed by atoms with van der Waals surface area (Å²) in [7, 11) is 0.